The van der Waals surface area contributed by atoms with E-state index < -0.39 is 0 Å². The Kier molecular flexibility index (Phi) is 6.39. The fourth-order valence-corrected chi connectivity index (χ4v) is 4.19. The van der Waals surface area contributed by atoms with Gasteiger partial charge in [0, 0.05) is 29.9 Å². The van der Waals surface area contributed by atoms with E-state index in [0.29, 0.717) is 17.3 Å². The minimum absolute atomic E-state index is 0.128. The molecule has 0 aliphatic carbocycles. The Labute approximate surface area is 178 Å². The average Bonchev–Trinajstić information content (AvgIpc) is 3.15. The van der Waals surface area contributed by atoms with E-state index in [2.05, 4.69) is 20.2 Å². The minimum atomic E-state index is -0.128. The Balaban J connectivity index is 1.31. The van der Waals surface area contributed by atoms with E-state index >= 15 is 0 Å². The van der Waals surface area contributed by atoms with Crippen LogP contribution in [-0.4, -0.2) is 42.2 Å². The van der Waals surface area contributed by atoms with Crippen molar-refractivity contribution in [2.75, 3.05) is 36.5 Å². The van der Waals surface area contributed by atoms with Crippen LogP contribution in [0, 0.1) is 0 Å². The minimum Gasteiger partial charge on any atom is -0.378 e. The molecular formula is C21H21ClN4O2S. The fourth-order valence-electron chi connectivity index (χ4n) is 3.15. The Morgan fingerprint density at radius 3 is 2.86 bits per heavy atom. The number of nitrogens with one attached hydrogen (secondary N) is 1. The van der Waals surface area contributed by atoms with Crippen molar-refractivity contribution in [2.45, 2.75) is 12.8 Å². The van der Waals surface area contributed by atoms with E-state index in [4.69, 9.17) is 16.3 Å². The molecule has 1 saturated heterocycles. The van der Waals surface area contributed by atoms with Crippen LogP contribution in [0.25, 0.3) is 0 Å². The van der Waals surface area contributed by atoms with Crippen LogP contribution in [-0.2, 0) is 22.4 Å². The van der Waals surface area contributed by atoms with Gasteiger partial charge in [-0.1, -0.05) is 23.7 Å². The zero-order valence-electron chi connectivity index (χ0n) is 15.8. The van der Waals surface area contributed by atoms with Crippen molar-refractivity contribution in [3.8, 4) is 0 Å². The summed E-state index contributed by atoms with van der Waals surface area (Å²) in [5, 5.41) is 6.44. The van der Waals surface area contributed by atoms with E-state index in [1.807, 2.05) is 41.8 Å². The van der Waals surface area contributed by atoms with E-state index in [-0.39, 0.29) is 12.3 Å². The molecule has 0 atom stereocenters. The van der Waals surface area contributed by atoms with E-state index in [1.165, 1.54) is 0 Å². The Hall–Kier alpha value is -2.48. The van der Waals surface area contributed by atoms with Crippen LogP contribution >= 0.6 is 22.9 Å². The molecule has 1 N–H and O–H groups in total. The number of amides is 1. The summed E-state index contributed by atoms with van der Waals surface area (Å²) in [7, 11) is 0. The van der Waals surface area contributed by atoms with Gasteiger partial charge in [0.1, 0.15) is 5.82 Å². The Bertz CT molecular complexity index is 971. The topological polar surface area (TPSA) is 67.4 Å². The summed E-state index contributed by atoms with van der Waals surface area (Å²) in [4.78, 5) is 23.5. The Morgan fingerprint density at radius 1 is 1.24 bits per heavy atom. The molecule has 4 rings (SSSR count). The highest BCUT2D eigenvalue weighted by molar-refractivity contribution is 7.09. The van der Waals surface area contributed by atoms with Crippen LogP contribution in [0.4, 0.5) is 11.5 Å². The summed E-state index contributed by atoms with van der Waals surface area (Å²) in [6.45, 7) is 3.17. The lowest BCUT2D eigenvalue weighted by Crippen LogP contribution is -2.36. The molecular weight excluding hydrogens is 408 g/mol. The number of rotatable bonds is 6. The molecule has 0 saturated carbocycles. The van der Waals surface area contributed by atoms with Crippen LogP contribution in [0.1, 0.15) is 16.3 Å². The molecule has 0 bridgehead atoms. The number of aromatic nitrogens is 2. The number of anilines is 2. The number of morpholine rings is 1. The van der Waals surface area contributed by atoms with Gasteiger partial charge in [-0.2, -0.15) is 0 Å². The first kappa shape index (κ1) is 19.8. The predicted octanol–water partition coefficient (Wildman–Crippen LogP) is 3.80. The van der Waals surface area contributed by atoms with E-state index in [0.717, 1.165) is 48.3 Å². The van der Waals surface area contributed by atoms with Gasteiger partial charge in [-0.05, 0) is 29.8 Å². The molecule has 2 aromatic heterocycles. The van der Waals surface area contributed by atoms with Crippen LogP contribution in [0.3, 0.4) is 0 Å². The SMILES string of the molecule is O=C(Cc1csc(Cc2cccc(Cl)c2)n1)Nc1ccc(N2CCOCC2)cn1. The van der Waals surface area contributed by atoms with Gasteiger partial charge in [0.2, 0.25) is 5.91 Å². The van der Waals surface area contributed by atoms with Crippen molar-refractivity contribution in [1.82, 2.24) is 9.97 Å². The van der Waals surface area contributed by atoms with Gasteiger partial charge in [0.15, 0.2) is 0 Å². The van der Waals surface area contributed by atoms with Crippen LogP contribution in [0.15, 0.2) is 48.0 Å². The molecule has 1 fully saturated rings. The third kappa shape index (κ3) is 5.53. The van der Waals surface area contributed by atoms with Gasteiger partial charge in [0.25, 0.3) is 0 Å². The monoisotopic (exact) mass is 428 g/mol. The molecule has 1 aliphatic heterocycles. The number of pyridine rings is 1. The molecule has 8 heteroatoms. The van der Waals surface area contributed by atoms with Crippen LogP contribution in [0.2, 0.25) is 5.02 Å². The molecule has 3 heterocycles. The number of ether oxygens (including phenoxy) is 1. The second kappa shape index (κ2) is 9.35. The zero-order chi connectivity index (χ0) is 20.1. The third-order valence-electron chi connectivity index (χ3n) is 4.58. The molecule has 1 aliphatic rings. The van der Waals surface area contributed by atoms with Gasteiger partial charge in [-0.3, -0.25) is 4.79 Å². The lowest BCUT2D eigenvalue weighted by atomic mass is 10.2. The highest BCUT2D eigenvalue weighted by Crippen LogP contribution is 2.19. The molecule has 3 aromatic rings. The van der Waals surface area contributed by atoms with Crippen LogP contribution < -0.4 is 10.2 Å². The maximum absolute atomic E-state index is 12.3. The molecule has 0 unspecified atom stereocenters. The van der Waals surface area contributed by atoms with Crippen molar-refractivity contribution in [3.05, 3.63) is 69.3 Å². The molecule has 0 radical (unpaired) electrons. The smallest absolute Gasteiger partial charge is 0.231 e. The van der Waals surface area contributed by atoms with Crippen molar-refractivity contribution in [2.24, 2.45) is 0 Å². The van der Waals surface area contributed by atoms with Crippen molar-refractivity contribution in [1.29, 1.82) is 0 Å². The summed E-state index contributed by atoms with van der Waals surface area (Å²) < 4.78 is 5.36. The number of hydrogen-bond acceptors (Lipinski definition) is 6. The van der Waals surface area contributed by atoms with Crippen LogP contribution in [0.5, 0.6) is 0 Å². The van der Waals surface area contributed by atoms with E-state index in [1.54, 1.807) is 17.5 Å². The van der Waals surface area contributed by atoms with Gasteiger partial charge in [-0.25, -0.2) is 9.97 Å². The maximum atomic E-state index is 12.3. The van der Waals surface area contributed by atoms with Crippen molar-refractivity contribution < 1.29 is 9.53 Å². The summed E-state index contributed by atoms with van der Waals surface area (Å²) in [6, 6.07) is 11.5. The number of nitrogens with zero attached hydrogens (tertiary/aromatic N) is 3. The number of benzene rings is 1. The largest absolute Gasteiger partial charge is 0.378 e. The summed E-state index contributed by atoms with van der Waals surface area (Å²) in [5.74, 6) is 0.414. The molecule has 29 heavy (non-hydrogen) atoms. The zero-order valence-corrected chi connectivity index (χ0v) is 17.4. The maximum Gasteiger partial charge on any atom is 0.231 e. The summed E-state index contributed by atoms with van der Waals surface area (Å²) >= 11 is 7.58. The first-order chi connectivity index (χ1) is 14.2. The lowest BCUT2D eigenvalue weighted by Gasteiger charge is -2.28. The predicted molar refractivity (Wildman–Crippen MR) is 116 cm³/mol. The second-order valence-corrected chi connectivity index (χ2v) is 8.14. The molecule has 1 amide bonds. The second-order valence-electron chi connectivity index (χ2n) is 6.77. The number of carbonyl (C=O) groups is 1. The lowest BCUT2D eigenvalue weighted by molar-refractivity contribution is -0.115. The highest BCUT2D eigenvalue weighted by Gasteiger charge is 2.13. The van der Waals surface area contributed by atoms with Crippen molar-refractivity contribution in [3.63, 3.8) is 0 Å². The summed E-state index contributed by atoms with van der Waals surface area (Å²) in [5.41, 5.74) is 2.90. The Morgan fingerprint density at radius 2 is 2.10 bits per heavy atom. The average molecular weight is 429 g/mol. The summed E-state index contributed by atoms with van der Waals surface area (Å²) in [6.07, 6.45) is 2.71. The van der Waals surface area contributed by atoms with Gasteiger partial charge >= 0.3 is 0 Å². The molecule has 0 spiro atoms. The number of hydrogen-bond donors (Lipinski definition) is 1. The third-order valence-corrected chi connectivity index (χ3v) is 5.71. The quantitative estimate of drug-likeness (QED) is 0.646. The van der Waals surface area contributed by atoms with Crippen molar-refractivity contribution >= 4 is 40.4 Å². The standard InChI is InChI=1S/C21H21ClN4O2S/c22-16-3-1-2-15(10-16)11-21-24-17(14-29-21)12-20(27)25-19-5-4-18(13-23-19)26-6-8-28-9-7-26/h1-5,10,13-14H,6-9,11-12H2,(H,23,25,27). The number of thiazole rings is 1. The first-order valence-electron chi connectivity index (χ1n) is 9.42. The molecule has 6 nitrogen and oxygen atoms in total. The number of halogens is 1. The van der Waals surface area contributed by atoms with Gasteiger partial charge < -0.3 is 15.0 Å². The normalized spacial score (nSPS) is 14.0. The molecule has 150 valence electrons. The van der Waals surface area contributed by atoms with E-state index in [9.17, 15) is 4.79 Å². The molecule has 1 aromatic carbocycles. The van der Waals surface area contributed by atoms with Gasteiger partial charge in [0.05, 0.1) is 42.2 Å². The van der Waals surface area contributed by atoms with Gasteiger partial charge in [-0.15, -0.1) is 11.3 Å². The first-order valence-corrected chi connectivity index (χ1v) is 10.7. The highest BCUT2D eigenvalue weighted by atomic mass is 35.5. The number of carbonyl (C=O) groups excluding carboxylic acids is 1. The fraction of sp³-hybridized carbons (Fsp3) is 0.286.